The van der Waals surface area contributed by atoms with Gasteiger partial charge in [-0.05, 0) is 24.5 Å². The molecule has 1 aliphatic heterocycles. The fourth-order valence-electron chi connectivity index (χ4n) is 2.65. The summed E-state index contributed by atoms with van der Waals surface area (Å²) in [5.74, 6) is 0.118. The third-order valence-electron chi connectivity index (χ3n) is 3.88. The number of nitrogens with one attached hydrogen (secondary N) is 1. The van der Waals surface area contributed by atoms with Gasteiger partial charge in [0.15, 0.2) is 5.03 Å². The number of hydrogen-bond acceptors (Lipinski definition) is 5. The highest BCUT2D eigenvalue weighted by molar-refractivity contribution is 8.00. The van der Waals surface area contributed by atoms with Crippen LogP contribution in [0.3, 0.4) is 0 Å². The van der Waals surface area contributed by atoms with Crippen molar-refractivity contribution in [2.75, 3.05) is 12.3 Å². The van der Waals surface area contributed by atoms with Crippen molar-refractivity contribution in [3.8, 4) is 0 Å². The Morgan fingerprint density at radius 1 is 1.43 bits per heavy atom. The van der Waals surface area contributed by atoms with E-state index in [9.17, 15) is 14.9 Å². The zero-order chi connectivity index (χ0) is 16.4. The smallest absolute Gasteiger partial charge is 0.323 e. The molecular formula is C15H16N4O3S. The van der Waals surface area contributed by atoms with Gasteiger partial charge in [-0.2, -0.15) is 5.10 Å². The van der Waals surface area contributed by atoms with Crippen molar-refractivity contribution in [3.63, 3.8) is 0 Å². The van der Waals surface area contributed by atoms with Gasteiger partial charge in [-0.25, -0.2) is 0 Å². The number of rotatable bonds is 4. The summed E-state index contributed by atoms with van der Waals surface area (Å²) in [6.45, 7) is 2.87. The number of aromatic nitrogens is 2. The van der Waals surface area contributed by atoms with Gasteiger partial charge in [0.05, 0.1) is 10.7 Å². The molecule has 0 saturated heterocycles. The third-order valence-corrected chi connectivity index (χ3v) is 4.83. The van der Waals surface area contributed by atoms with Crippen LogP contribution in [0.5, 0.6) is 0 Å². The summed E-state index contributed by atoms with van der Waals surface area (Å²) in [4.78, 5) is 24.7. The molecule has 1 aliphatic rings. The quantitative estimate of drug-likeness (QED) is 0.527. The molecule has 0 saturated carbocycles. The molecule has 8 heteroatoms. The molecule has 1 amide bonds. The minimum Gasteiger partial charge on any atom is -0.337 e. The van der Waals surface area contributed by atoms with Crippen LogP contribution in [0.4, 0.5) is 5.69 Å². The molecular weight excluding hydrogens is 316 g/mol. The van der Waals surface area contributed by atoms with Gasteiger partial charge in [-0.3, -0.25) is 20.0 Å². The van der Waals surface area contributed by atoms with Gasteiger partial charge in [0.2, 0.25) is 5.91 Å². The van der Waals surface area contributed by atoms with Gasteiger partial charge >= 0.3 is 5.69 Å². The number of carbonyl (C=O) groups is 1. The maximum absolute atomic E-state index is 12.4. The first-order valence-electron chi connectivity index (χ1n) is 7.23. The van der Waals surface area contributed by atoms with E-state index in [2.05, 4.69) is 16.3 Å². The number of fused-ring (bicyclic) bond motifs is 1. The van der Waals surface area contributed by atoms with Gasteiger partial charge in [0.1, 0.15) is 5.69 Å². The Labute approximate surface area is 137 Å². The fraction of sp³-hybridized carbons (Fsp3) is 0.333. The van der Waals surface area contributed by atoms with E-state index in [4.69, 9.17) is 0 Å². The average Bonchev–Trinajstić information content (AvgIpc) is 2.93. The van der Waals surface area contributed by atoms with Gasteiger partial charge in [-0.1, -0.05) is 36.0 Å². The van der Waals surface area contributed by atoms with Crippen molar-refractivity contribution in [1.29, 1.82) is 0 Å². The van der Waals surface area contributed by atoms with Crippen molar-refractivity contribution in [2.45, 2.75) is 24.9 Å². The first kappa shape index (κ1) is 15.5. The number of aryl methyl sites for hydroxylation is 1. The standard InChI is InChI=1S/C15H16N4O3S/c1-10-14(19(21)22)15(17-16-10)23-9-13(20)18-7-6-11-4-2-3-5-12(11)8-18/h2-5H,6-9H2,1H3,(H,16,17). The Hall–Kier alpha value is -2.35. The third kappa shape index (κ3) is 3.21. The van der Waals surface area contributed by atoms with Crippen molar-refractivity contribution >= 4 is 23.4 Å². The van der Waals surface area contributed by atoms with E-state index in [1.165, 1.54) is 11.1 Å². The predicted molar refractivity (Wildman–Crippen MR) is 86.3 cm³/mol. The number of nitro groups is 1. The van der Waals surface area contributed by atoms with Gasteiger partial charge in [0.25, 0.3) is 0 Å². The average molecular weight is 332 g/mol. The van der Waals surface area contributed by atoms with E-state index in [1.54, 1.807) is 11.8 Å². The lowest BCUT2D eigenvalue weighted by Gasteiger charge is -2.28. The van der Waals surface area contributed by atoms with Crippen LogP contribution >= 0.6 is 11.8 Å². The lowest BCUT2D eigenvalue weighted by Crippen LogP contribution is -2.37. The van der Waals surface area contributed by atoms with E-state index in [0.29, 0.717) is 18.8 Å². The monoisotopic (exact) mass is 332 g/mol. The van der Waals surface area contributed by atoms with Crippen LogP contribution in [0.1, 0.15) is 16.8 Å². The van der Waals surface area contributed by atoms with Crippen molar-refractivity contribution < 1.29 is 9.72 Å². The number of amides is 1. The summed E-state index contributed by atoms with van der Waals surface area (Å²) in [7, 11) is 0. The molecule has 7 nitrogen and oxygen atoms in total. The maximum Gasteiger partial charge on any atom is 0.323 e. The second-order valence-corrected chi connectivity index (χ2v) is 6.35. The first-order valence-corrected chi connectivity index (χ1v) is 8.21. The molecule has 3 rings (SSSR count). The van der Waals surface area contributed by atoms with E-state index < -0.39 is 4.92 Å². The van der Waals surface area contributed by atoms with E-state index >= 15 is 0 Å². The van der Waals surface area contributed by atoms with Crippen molar-refractivity contribution in [1.82, 2.24) is 15.1 Å². The summed E-state index contributed by atoms with van der Waals surface area (Å²) in [6.07, 6.45) is 0.842. The number of nitrogens with zero attached hydrogens (tertiary/aromatic N) is 3. The minimum atomic E-state index is -0.469. The molecule has 1 aromatic carbocycles. The molecule has 0 spiro atoms. The zero-order valence-electron chi connectivity index (χ0n) is 12.6. The van der Waals surface area contributed by atoms with Crippen molar-refractivity contribution in [2.24, 2.45) is 0 Å². The molecule has 0 fully saturated rings. The van der Waals surface area contributed by atoms with Crippen LogP contribution in [-0.2, 0) is 17.8 Å². The molecule has 2 heterocycles. The molecule has 1 N–H and O–H groups in total. The van der Waals surface area contributed by atoms with Crippen LogP contribution in [0.2, 0.25) is 0 Å². The normalized spacial score (nSPS) is 13.7. The maximum atomic E-state index is 12.4. The number of aromatic amines is 1. The highest BCUT2D eigenvalue weighted by Crippen LogP contribution is 2.30. The number of hydrogen-bond donors (Lipinski definition) is 1. The van der Waals surface area contributed by atoms with Gasteiger partial charge in [0, 0.05) is 13.1 Å². The summed E-state index contributed by atoms with van der Waals surface area (Å²) in [6, 6.07) is 8.09. The Bertz CT molecular complexity index is 759. The van der Waals surface area contributed by atoms with Crippen LogP contribution < -0.4 is 0 Å². The van der Waals surface area contributed by atoms with Crippen LogP contribution in [0.15, 0.2) is 29.3 Å². The van der Waals surface area contributed by atoms with Gasteiger partial charge < -0.3 is 4.90 Å². The Morgan fingerprint density at radius 2 is 2.17 bits per heavy atom. The summed E-state index contributed by atoms with van der Waals surface area (Å²) < 4.78 is 0. The van der Waals surface area contributed by atoms with Gasteiger partial charge in [-0.15, -0.1) is 0 Å². The first-order chi connectivity index (χ1) is 11.1. The zero-order valence-corrected chi connectivity index (χ0v) is 13.4. The lowest BCUT2D eigenvalue weighted by molar-refractivity contribution is -0.388. The topological polar surface area (TPSA) is 92.1 Å². The van der Waals surface area contributed by atoms with Crippen LogP contribution in [0, 0.1) is 17.0 Å². The summed E-state index contributed by atoms with van der Waals surface area (Å²) in [5.41, 5.74) is 2.80. The Kier molecular flexibility index (Phi) is 4.33. The number of benzene rings is 1. The number of thioether (sulfide) groups is 1. The largest absolute Gasteiger partial charge is 0.337 e. The Balaban J connectivity index is 1.64. The minimum absolute atomic E-state index is 0.0283. The molecule has 0 atom stereocenters. The van der Waals surface area contributed by atoms with Crippen LogP contribution in [0.25, 0.3) is 0 Å². The lowest BCUT2D eigenvalue weighted by atomic mass is 10.00. The second kappa shape index (κ2) is 6.41. The molecule has 2 aromatic rings. The molecule has 0 radical (unpaired) electrons. The highest BCUT2D eigenvalue weighted by atomic mass is 32.2. The van der Waals surface area contributed by atoms with E-state index in [-0.39, 0.29) is 22.4 Å². The molecule has 120 valence electrons. The summed E-state index contributed by atoms with van der Waals surface area (Å²) >= 11 is 1.10. The molecule has 0 unspecified atom stereocenters. The molecule has 0 aliphatic carbocycles. The second-order valence-electron chi connectivity index (χ2n) is 5.38. The molecule has 23 heavy (non-hydrogen) atoms. The SMILES string of the molecule is Cc1[nH]nc(SCC(=O)N2CCc3ccccc3C2)c1[N+](=O)[O-]. The molecule has 1 aromatic heterocycles. The highest BCUT2D eigenvalue weighted by Gasteiger charge is 2.25. The number of H-pyrrole nitrogens is 1. The van der Waals surface area contributed by atoms with Crippen LogP contribution in [-0.4, -0.2) is 38.2 Å². The Morgan fingerprint density at radius 3 is 2.91 bits per heavy atom. The molecule has 0 bridgehead atoms. The predicted octanol–water partition coefficient (Wildman–Crippen LogP) is 2.30. The fourth-order valence-corrected chi connectivity index (χ4v) is 3.56. The van der Waals surface area contributed by atoms with Crippen molar-refractivity contribution in [3.05, 3.63) is 51.2 Å². The number of carbonyl (C=O) groups excluding carboxylic acids is 1. The summed E-state index contributed by atoms with van der Waals surface area (Å²) in [5, 5.41) is 17.8. The van der Waals surface area contributed by atoms with E-state index in [0.717, 1.165) is 18.2 Å². The van der Waals surface area contributed by atoms with E-state index in [1.807, 2.05) is 18.2 Å².